The zero-order chi connectivity index (χ0) is 23.1. The normalized spacial score (nSPS) is 12.5. The van der Waals surface area contributed by atoms with Crippen LogP contribution in [0.1, 0.15) is 35.2 Å². The van der Waals surface area contributed by atoms with Crippen LogP contribution >= 0.6 is 31.9 Å². The molecular weight excluding hydrogens is 540 g/mol. The van der Waals surface area contributed by atoms with Gasteiger partial charge in [-0.3, -0.25) is 19.7 Å². The average Bonchev–Trinajstić information content (AvgIpc) is 2.69. The number of carbonyl (C=O) groups excluding carboxylic acids is 2. The van der Waals surface area contributed by atoms with Gasteiger partial charge in [-0.25, -0.2) is 4.79 Å². The van der Waals surface area contributed by atoms with Crippen LogP contribution in [0.25, 0.3) is 0 Å². The summed E-state index contributed by atoms with van der Waals surface area (Å²) in [7, 11) is 0. The molecule has 0 bridgehead atoms. The summed E-state index contributed by atoms with van der Waals surface area (Å²) in [6.07, 6.45) is -0.342. The van der Waals surface area contributed by atoms with Crippen molar-refractivity contribution in [1.82, 2.24) is 5.32 Å². The third kappa shape index (κ3) is 6.86. The van der Waals surface area contributed by atoms with Gasteiger partial charge in [0.1, 0.15) is 6.04 Å². The maximum absolute atomic E-state index is 12.7. The van der Waals surface area contributed by atoms with Gasteiger partial charge in [0.25, 0.3) is 11.6 Å². The van der Waals surface area contributed by atoms with Crippen molar-refractivity contribution in [3.8, 4) is 0 Å². The van der Waals surface area contributed by atoms with Gasteiger partial charge in [-0.05, 0) is 30.7 Å². The molecule has 1 amide bonds. The largest absolute Gasteiger partial charge is 0.480 e. The Labute approximate surface area is 194 Å². The Morgan fingerprint density at radius 3 is 2.19 bits per heavy atom. The second-order valence-electron chi connectivity index (χ2n) is 6.41. The minimum absolute atomic E-state index is 0.0992. The molecule has 0 heterocycles. The molecule has 164 valence electrons. The van der Waals surface area contributed by atoms with Crippen LogP contribution < -0.4 is 5.32 Å². The first-order chi connectivity index (χ1) is 14.6. The van der Waals surface area contributed by atoms with Crippen LogP contribution in [0, 0.1) is 10.1 Å². The van der Waals surface area contributed by atoms with Crippen LogP contribution in [0.15, 0.2) is 51.4 Å². The highest BCUT2D eigenvalue weighted by atomic mass is 79.9. The van der Waals surface area contributed by atoms with Crippen molar-refractivity contribution in [1.29, 1.82) is 0 Å². The van der Waals surface area contributed by atoms with Gasteiger partial charge in [0, 0.05) is 32.6 Å². The molecule has 0 spiro atoms. The topological polar surface area (TPSA) is 136 Å². The summed E-state index contributed by atoms with van der Waals surface area (Å²) in [6.45, 7) is 1.71. The maximum atomic E-state index is 12.7. The fourth-order valence-electron chi connectivity index (χ4n) is 2.91. The Morgan fingerprint density at radius 1 is 1.13 bits per heavy atom. The predicted octanol–water partition coefficient (Wildman–Crippen LogP) is 4.04. The molecule has 2 aromatic carbocycles. The van der Waals surface area contributed by atoms with Crippen molar-refractivity contribution in [3.63, 3.8) is 0 Å². The molecule has 0 unspecified atom stereocenters. The van der Waals surface area contributed by atoms with Gasteiger partial charge in [-0.2, -0.15) is 0 Å². The minimum atomic E-state index is -1.49. The number of esters is 1. The van der Waals surface area contributed by atoms with Gasteiger partial charge in [-0.1, -0.05) is 44.0 Å². The van der Waals surface area contributed by atoms with Gasteiger partial charge in [0.2, 0.25) is 0 Å². The maximum Gasteiger partial charge on any atom is 0.326 e. The third-order valence-corrected chi connectivity index (χ3v) is 5.22. The third-order valence-electron chi connectivity index (χ3n) is 4.30. The van der Waals surface area contributed by atoms with Crippen LogP contribution in [0.3, 0.4) is 0 Å². The number of nitro benzene ring substituents is 1. The van der Waals surface area contributed by atoms with Crippen LogP contribution in [-0.4, -0.2) is 40.5 Å². The average molecular weight is 558 g/mol. The number of nitro groups is 1. The number of nitrogens with one attached hydrogen (secondary N) is 1. The zero-order valence-corrected chi connectivity index (χ0v) is 19.4. The first-order valence-corrected chi connectivity index (χ1v) is 10.6. The molecule has 0 aromatic heterocycles. The molecule has 0 aliphatic carbocycles. The van der Waals surface area contributed by atoms with Gasteiger partial charge < -0.3 is 15.2 Å². The summed E-state index contributed by atoms with van der Waals surface area (Å²) in [6, 6.07) is 8.40. The second kappa shape index (κ2) is 11.0. The lowest BCUT2D eigenvalue weighted by Crippen LogP contribution is -2.45. The molecular formula is C20H18Br2N2O7. The van der Waals surface area contributed by atoms with Crippen LogP contribution in [-0.2, 0) is 14.3 Å². The standard InChI is InChI=1S/C20H18Br2N2O7/c1-2-31-17(25)10-16(11-3-5-15(6-4-11)24(29)30)18(20(27)28)23-19(26)12-7-13(21)9-14(22)8-12/h3-9,16,18H,2,10H2,1H3,(H,23,26)(H,27,28)/t16-,18+/m1/s1. The molecule has 9 nitrogen and oxygen atoms in total. The quantitative estimate of drug-likeness (QED) is 0.270. The number of carboxylic acid groups (broad SMARTS) is 1. The number of halogens is 2. The number of carbonyl (C=O) groups is 3. The summed E-state index contributed by atoms with van der Waals surface area (Å²) in [5.74, 6) is -3.70. The Balaban J connectivity index is 2.40. The molecule has 0 saturated heterocycles. The minimum Gasteiger partial charge on any atom is -0.480 e. The number of hydrogen-bond donors (Lipinski definition) is 2. The Bertz CT molecular complexity index is 975. The molecule has 0 saturated carbocycles. The van der Waals surface area contributed by atoms with E-state index < -0.39 is 34.7 Å². The van der Waals surface area contributed by atoms with Crippen molar-refractivity contribution < 1.29 is 29.2 Å². The van der Waals surface area contributed by atoms with E-state index in [9.17, 15) is 29.6 Å². The van der Waals surface area contributed by atoms with Gasteiger partial charge in [0.15, 0.2) is 0 Å². The zero-order valence-electron chi connectivity index (χ0n) is 16.2. The summed E-state index contributed by atoms with van der Waals surface area (Å²) in [5, 5.41) is 23.2. The lowest BCUT2D eigenvalue weighted by Gasteiger charge is -2.25. The molecule has 0 aliphatic rings. The van der Waals surface area contributed by atoms with E-state index in [0.717, 1.165) is 0 Å². The SMILES string of the molecule is CCOC(=O)C[C@H](c1ccc([N+](=O)[O-])cc1)[C@H](NC(=O)c1cc(Br)cc(Br)c1)C(=O)O. The molecule has 0 aliphatic heterocycles. The molecule has 2 N–H and O–H groups in total. The predicted molar refractivity (Wildman–Crippen MR) is 118 cm³/mol. The number of nitrogens with zero attached hydrogens (tertiary/aromatic N) is 1. The van der Waals surface area contributed by atoms with E-state index in [1.54, 1.807) is 13.0 Å². The molecule has 2 atom stereocenters. The molecule has 31 heavy (non-hydrogen) atoms. The van der Waals surface area contributed by atoms with Crippen molar-refractivity contribution in [2.24, 2.45) is 0 Å². The lowest BCUT2D eigenvalue weighted by molar-refractivity contribution is -0.384. The Hall–Kier alpha value is -2.79. The highest BCUT2D eigenvalue weighted by Crippen LogP contribution is 2.27. The monoisotopic (exact) mass is 556 g/mol. The van der Waals surface area contributed by atoms with Crippen molar-refractivity contribution in [2.75, 3.05) is 6.61 Å². The fraction of sp³-hybridized carbons (Fsp3) is 0.250. The Kier molecular flexibility index (Phi) is 8.69. The summed E-state index contributed by atoms with van der Waals surface area (Å²) < 4.78 is 6.16. The molecule has 11 heteroatoms. The number of amides is 1. The number of carboxylic acids is 1. The van der Waals surface area contributed by atoms with E-state index in [1.807, 2.05) is 0 Å². The first-order valence-electron chi connectivity index (χ1n) is 9.02. The second-order valence-corrected chi connectivity index (χ2v) is 8.24. The number of rotatable bonds is 9. The summed E-state index contributed by atoms with van der Waals surface area (Å²) in [4.78, 5) is 47.2. The number of non-ortho nitro benzene ring substituents is 1. The summed E-state index contributed by atoms with van der Waals surface area (Å²) in [5.41, 5.74) is 0.349. The van der Waals surface area contributed by atoms with E-state index >= 15 is 0 Å². The number of benzene rings is 2. The van der Waals surface area contributed by atoms with Crippen LogP contribution in [0.2, 0.25) is 0 Å². The van der Waals surface area contributed by atoms with Crippen molar-refractivity contribution >= 4 is 55.4 Å². The molecule has 2 aromatic rings. The number of hydrogen-bond acceptors (Lipinski definition) is 6. The van der Waals surface area contributed by atoms with Crippen LogP contribution in [0.5, 0.6) is 0 Å². The van der Waals surface area contributed by atoms with Gasteiger partial charge in [0.05, 0.1) is 18.0 Å². The van der Waals surface area contributed by atoms with E-state index in [-0.39, 0.29) is 24.3 Å². The van der Waals surface area contributed by atoms with Crippen molar-refractivity contribution in [3.05, 3.63) is 72.7 Å². The van der Waals surface area contributed by atoms with E-state index in [1.165, 1.54) is 36.4 Å². The van der Waals surface area contributed by atoms with E-state index in [4.69, 9.17) is 4.74 Å². The number of ether oxygens (including phenoxy) is 1. The lowest BCUT2D eigenvalue weighted by atomic mass is 9.88. The van der Waals surface area contributed by atoms with E-state index in [2.05, 4.69) is 37.2 Å². The van der Waals surface area contributed by atoms with Crippen molar-refractivity contribution in [2.45, 2.75) is 25.3 Å². The fourth-order valence-corrected chi connectivity index (χ4v) is 4.21. The highest BCUT2D eigenvalue weighted by Gasteiger charge is 2.34. The Morgan fingerprint density at radius 2 is 1.71 bits per heavy atom. The smallest absolute Gasteiger partial charge is 0.326 e. The molecule has 2 rings (SSSR count). The van der Waals surface area contributed by atoms with Gasteiger partial charge >= 0.3 is 11.9 Å². The van der Waals surface area contributed by atoms with Gasteiger partial charge in [-0.15, -0.1) is 0 Å². The highest BCUT2D eigenvalue weighted by molar-refractivity contribution is 9.11. The summed E-state index contributed by atoms with van der Waals surface area (Å²) >= 11 is 6.54. The molecule has 0 fully saturated rings. The first kappa shape index (κ1) is 24.5. The van der Waals surface area contributed by atoms with E-state index in [0.29, 0.717) is 14.5 Å². The number of aliphatic carboxylic acids is 1. The molecule has 0 radical (unpaired) electrons. The van der Waals surface area contributed by atoms with Crippen LogP contribution in [0.4, 0.5) is 5.69 Å².